The molecule has 1 aromatic rings. The first-order chi connectivity index (χ1) is 9.85. The van der Waals surface area contributed by atoms with Crippen molar-refractivity contribution in [1.29, 1.82) is 0 Å². The first-order valence-corrected chi connectivity index (χ1v) is 7.61. The summed E-state index contributed by atoms with van der Waals surface area (Å²) in [6.45, 7) is 3.23. The summed E-state index contributed by atoms with van der Waals surface area (Å²) in [5, 5.41) is 9.12. The second-order valence-electron chi connectivity index (χ2n) is 5.36. The van der Waals surface area contributed by atoms with Gasteiger partial charge in [0.15, 0.2) is 0 Å². The van der Waals surface area contributed by atoms with Crippen LogP contribution in [0.25, 0.3) is 0 Å². The quantitative estimate of drug-likeness (QED) is 0.676. The summed E-state index contributed by atoms with van der Waals surface area (Å²) in [4.78, 5) is 2.39. The van der Waals surface area contributed by atoms with Crippen LogP contribution in [0.4, 0.5) is 0 Å². The molecule has 4 heteroatoms. The fourth-order valence-corrected chi connectivity index (χ4v) is 2.62. The summed E-state index contributed by atoms with van der Waals surface area (Å²) >= 11 is 0. The molecule has 4 nitrogen and oxygen atoms in total. The Morgan fingerprint density at radius 2 is 2.05 bits per heavy atom. The lowest BCUT2D eigenvalue weighted by molar-refractivity contribution is 0.0951. The van der Waals surface area contributed by atoms with Gasteiger partial charge in [0.2, 0.25) is 0 Å². The van der Waals surface area contributed by atoms with Crippen LogP contribution in [-0.2, 0) is 6.54 Å². The van der Waals surface area contributed by atoms with Crippen molar-refractivity contribution in [2.24, 2.45) is 5.73 Å². The maximum atomic E-state index is 9.12. The Hall–Kier alpha value is -1.10. The molecule has 0 saturated heterocycles. The molecule has 3 N–H and O–H groups in total. The lowest BCUT2D eigenvalue weighted by Gasteiger charge is -2.37. The van der Waals surface area contributed by atoms with Crippen molar-refractivity contribution in [2.75, 3.05) is 26.3 Å². The zero-order valence-electron chi connectivity index (χ0n) is 12.1. The Labute approximate surface area is 121 Å². The minimum atomic E-state index is 0.243. The fourth-order valence-electron chi connectivity index (χ4n) is 2.62. The number of aliphatic hydroxyl groups excluding tert-OH is 1. The molecule has 0 unspecified atom stereocenters. The SMILES string of the molecule is NCc1ccccc1OCCCN(CCO)C1CCC1. The predicted octanol–water partition coefficient (Wildman–Crippen LogP) is 1.76. The van der Waals surface area contributed by atoms with Crippen LogP contribution in [-0.4, -0.2) is 42.4 Å². The van der Waals surface area contributed by atoms with Gasteiger partial charge in [-0.3, -0.25) is 4.90 Å². The highest BCUT2D eigenvalue weighted by Crippen LogP contribution is 2.24. The Morgan fingerprint density at radius 3 is 2.70 bits per heavy atom. The first kappa shape index (κ1) is 15.3. The van der Waals surface area contributed by atoms with Gasteiger partial charge in [-0.2, -0.15) is 0 Å². The molecule has 0 radical (unpaired) electrons. The molecule has 0 heterocycles. The lowest BCUT2D eigenvalue weighted by Crippen LogP contribution is -2.42. The van der Waals surface area contributed by atoms with E-state index in [2.05, 4.69) is 4.90 Å². The van der Waals surface area contributed by atoms with Crippen LogP contribution < -0.4 is 10.5 Å². The summed E-state index contributed by atoms with van der Waals surface area (Å²) in [5.41, 5.74) is 6.75. The summed E-state index contributed by atoms with van der Waals surface area (Å²) in [6, 6.07) is 8.61. The standard InChI is InChI=1S/C16H26N2O2/c17-13-14-5-1-2-8-16(14)20-12-4-9-18(10-11-19)15-6-3-7-15/h1-2,5,8,15,19H,3-4,6-7,9-13,17H2. The van der Waals surface area contributed by atoms with Gasteiger partial charge in [-0.1, -0.05) is 24.6 Å². The van der Waals surface area contributed by atoms with Crippen LogP contribution in [0.5, 0.6) is 5.75 Å². The van der Waals surface area contributed by atoms with Gasteiger partial charge in [0.25, 0.3) is 0 Å². The van der Waals surface area contributed by atoms with E-state index in [-0.39, 0.29) is 6.61 Å². The number of aliphatic hydroxyl groups is 1. The van der Waals surface area contributed by atoms with Crippen LogP contribution in [0.1, 0.15) is 31.2 Å². The molecule has 112 valence electrons. The molecule has 0 aliphatic heterocycles. The molecule has 1 aliphatic rings. The van der Waals surface area contributed by atoms with E-state index in [1.807, 2.05) is 24.3 Å². The van der Waals surface area contributed by atoms with E-state index in [4.69, 9.17) is 15.6 Å². The van der Waals surface area contributed by atoms with Crippen molar-refractivity contribution < 1.29 is 9.84 Å². The van der Waals surface area contributed by atoms with E-state index in [9.17, 15) is 0 Å². The maximum Gasteiger partial charge on any atom is 0.123 e. The number of nitrogens with two attached hydrogens (primary N) is 1. The number of para-hydroxylation sites is 1. The largest absolute Gasteiger partial charge is 0.493 e. The second-order valence-corrected chi connectivity index (χ2v) is 5.36. The maximum absolute atomic E-state index is 9.12. The van der Waals surface area contributed by atoms with Crippen molar-refractivity contribution in [2.45, 2.75) is 38.3 Å². The van der Waals surface area contributed by atoms with E-state index in [1.165, 1.54) is 19.3 Å². The molecule has 1 saturated carbocycles. The van der Waals surface area contributed by atoms with Gasteiger partial charge in [-0.25, -0.2) is 0 Å². The number of ether oxygens (including phenoxy) is 1. The molecule has 1 fully saturated rings. The second kappa shape index (κ2) is 8.25. The van der Waals surface area contributed by atoms with Gasteiger partial charge in [-0.05, 0) is 25.3 Å². The highest BCUT2D eigenvalue weighted by atomic mass is 16.5. The zero-order valence-corrected chi connectivity index (χ0v) is 12.1. The molecular formula is C16H26N2O2. The van der Waals surface area contributed by atoms with Gasteiger partial charge in [0, 0.05) is 31.2 Å². The van der Waals surface area contributed by atoms with Crippen LogP contribution in [0.15, 0.2) is 24.3 Å². The molecule has 0 bridgehead atoms. The van der Waals surface area contributed by atoms with Crippen molar-refractivity contribution in [3.63, 3.8) is 0 Å². The number of benzene rings is 1. The molecule has 0 spiro atoms. The topological polar surface area (TPSA) is 58.7 Å². The lowest BCUT2D eigenvalue weighted by atomic mass is 9.91. The number of hydrogen-bond acceptors (Lipinski definition) is 4. The third-order valence-electron chi connectivity index (χ3n) is 4.02. The van der Waals surface area contributed by atoms with Gasteiger partial charge >= 0.3 is 0 Å². The Morgan fingerprint density at radius 1 is 1.25 bits per heavy atom. The van der Waals surface area contributed by atoms with E-state index >= 15 is 0 Å². The van der Waals surface area contributed by atoms with E-state index in [0.717, 1.165) is 30.8 Å². The Bertz CT molecular complexity index is 394. The smallest absolute Gasteiger partial charge is 0.123 e. The third-order valence-corrected chi connectivity index (χ3v) is 4.02. The van der Waals surface area contributed by atoms with Crippen molar-refractivity contribution in [3.8, 4) is 5.75 Å². The monoisotopic (exact) mass is 278 g/mol. The first-order valence-electron chi connectivity index (χ1n) is 7.61. The molecule has 20 heavy (non-hydrogen) atoms. The number of hydrogen-bond donors (Lipinski definition) is 2. The molecule has 0 amide bonds. The Balaban J connectivity index is 1.71. The molecular weight excluding hydrogens is 252 g/mol. The van der Waals surface area contributed by atoms with Gasteiger partial charge < -0.3 is 15.6 Å². The molecule has 1 aromatic carbocycles. The number of rotatable bonds is 9. The molecule has 2 rings (SSSR count). The average molecular weight is 278 g/mol. The summed E-state index contributed by atoms with van der Waals surface area (Å²) in [7, 11) is 0. The van der Waals surface area contributed by atoms with Gasteiger partial charge in [-0.15, -0.1) is 0 Å². The van der Waals surface area contributed by atoms with Crippen LogP contribution >= 0.6 is 0 Å². The highest BCUT2D eigenvalue weighted by Gasteiger charge is 2.23. The van der Waals surface area contributed by atoms with E-state index < -0.39 is 0 Å². The van der Waals surface area contributed by atoms with Crippen LogP contribution in [0.3, 0.4) is 0 Å². The van der Waals surface area contributed by atoms with Crippen molar-refractivity contribution in [3.05, 3.63) is 29.8 Å². The molecule has 1 aliphatic carbocycles. The zero-order chi connectivity index (χ0) is 14.2. The van der Waals surface area contributed by atoms with E-state index in [0.29, 0.717) is 19.2 Å². The average Bonchev–Trinajstić information content (AvgIpc) is 2.42. The fraction of sp³-hybridized carbons (Fsp3) is 0.625. The normalized spacial score (nSPS) is 15.3. The van der Waals surface area contributed by atoms with Crippen molar-refractivity contribution in [1.82, 2.24) is 4.90 Å². The third kappa shape index (κ3) is 4.20. The molecule has 0 atom stereocenters. The van der Waals surface area contributed by atoms with Gasteiger partial charge in [0.1, 0.15) is 5.75 Å². The predicted molar refractivity (Wildman–Crippen MR) is 80.7 cm³/mol. The van der Waals surface area contributed by atoms with E-state index in [1.54, 1.807) is 0 Å². The van der Waals surface area contributed by atoms with Crippen molar-refractivity contribution >= 4 is 0 Å². The molecule has 0 aromatic heterocycles. The minimum absolute atomic E-state index is 0.243. The highest BCUT2D eigenvalue weighted by molar-refractivity contribution is 5.32. The summed E-state index contributed by atoms with van der Waals surface area (Å²) in [6.07, 6.45) is 4.86. The summed E-state index contributed by atoms with van der Waals surface area (Å²) in [5.74, 6) is 0.896. The van der Waals surface area contributed by atoms with Gasteiger partial charge in [0.05, 0.1) is 13.2 Å². The summed E-state index contributed by atoms with van der Waals surface area (Å²) < 4.78 is 5.82. The van der Waals surface area contributed by atoms with Crippen LogP contribution in [0, 0.1) is 0 Å². The number of nitrogens with zero attached hydrogens (tertiary/aromatic N) is 1. The van der Waals surface area contributed by atoms with Crippen LogP contribution in [0.2, 0.25) is 0 Å². The Kier molecular flexibility index (Phi) is 6.30. The minimum Gasteiger partial charge on any atom is -0.493 e.